The van der Waals surface area contributed by atoms with Crippen LogP contribution in [-0.2, 0) is 4.79 Å². The van der Waals surface area contributed by atoms with Crippen LogP contribution >= 0.6 is 23.4 Å². The van der Waals surface area contributed by atoms with Crippen molar-refractivity contribution in [3.8, 4) is 0 Å². The van der Waals surface area contributed by atoms with E-state index in [0.29, 0.717) is 21.6 Å². The summed E-state index contributed by atoms with van der Waals surface area (Å²) >= 11 is 6.97. The van der Waals surface area contributed by atoms with Crippen molar-refractivity contribution in [2.24, 2.45) is 0 Å². The lowest BCUT2D eigenvalue weighted by Gasteiger charge is -2.03. The van der Waals surface area contributed by atoms with Gasteiger partial charge in [-0.15, -0.1) is 10.2 Å². The molecule has 0 aliphatic carbocycles. The van der Waals surface area contributed by atoms with Crippen LogP contribution in [0.1, 0.15) is 0 Å². The number of para-hydroxylation sites is 1. The number of halogens is 1. The summed E-state index contributed by atoms with van der Waals surface area (Å²) in [6, 6.07) is 11.1. The van der Waals surface area contributed by atoms with Gasteiger partial charge in [0.05, 0.1) is 10.8 Å². The van der Waals surface area contributed by atoms with Gasteiger partial charge in [0.1, 0.15) is 11.3 Å². The van der Waals surface area contributed by atoms with Crippen molar-refractivity contribution in [2.45, 2.75) is 5.16 Å². The zero-order chi connectivity index (χ0) is 17.2. The number of carbonyl (C=O) groups excluding carboxylic acids is 1. The largest absolute Gasteiger partial charge is 0.338 e. The number of nitrogens with zero attached hydrogens (tertiary/aromatic N) is 4. The minimum absolute atomic E-state index is 0.151. The maximum Gasteiger partial charge on any atom is 0.236 e. The fraction of sp³-hybridized carbons (Fsp3) is 0.0625. The van der Waals surface area contributed by atoms with Gasteiger partial charge < -0.3 is 10.3 Å². The number of aromatic nitrogens is 5. The van der Waals surface area contributed by atoms with Gasteiger partial charge in [0.15, 0.2) is 5.65 Å². The highest BCUT2D eigenvalue weighted by molar-refractivity contribution is 7.99. The molecule has 0 fully saturated rings. The summed E-state index contributed by atoms with van der Waals surface area (Å²) in [6.07, 6.45) is 1.47. The Kier molecular flexibility index (Phi) is 4.21. The van der Waals surface area contributed by atoms with Crippen LogP contribution in [0.15, 0.2) is 47.8 Å². The fourth-order valence-corrected chi connectivity index (χ4v) is 3.02. The van der Waals surface area contributed by atoms with Crippen LogP contribution in [0.3, 0.4) is 0 Å². The molecule has 0 aliphatic rings. The Morgan fingerprint density at radius 2 is 2.08 bits per heavy atom. The molecule has 0 aliphatic heterocycles. The number of carbonyl (C=O) groups is 1. The van der Waals surface area contributed by atoms with Gasteiger partial charge in [0.2, 0.25) is 11.1 Å². The van der Waals surface area contributed by atoms with Crippen LogP contribution in [0.2, 0.25) is 5.02 Å². The smallest absolute Gasteiger partial charge is 0.236 e. The number of aromatic amines is 1. The average Bonchev–Trinajstić information content (AvgIpc) is 3.00. The highest BCUT2D eigenvalue weighted by Gasteiger charge is 2.11. The molecule has 4 rings (SSSR count). The first-order valence-corrected chi connectivity index (χ1v) is 8.71. The van der Waals surface area contributed by atoms with E-state index in [2.05, 4.69) is 30.5 Å². The zero-order valence-electron chi connectivity index (χ0n) is 12.7. The van der Waals surface area contributed by atoms with E-state index in [1.165, 1.54) is 18.0 Å². The topological polar surface area (TPSA) is 96.5 Å². The number of hydrogen-bond donors (Lipinski definition) is 2. The molecule has 0 atom stereocenters. The predicted molar refractivity (Wildman–Crippen MR) is 97.8 cm³/mol. The number of thioether (sulfide) groups is 1. The Morgan fingerprint density at radius 1 is 1.20 bits per heavy atom. The van der Waals surface area contributed by atoms with E-state index in [4.69, 9.17) is 11.6 Å². The number of fused-ring (bicyclic) bond motifs is 3. The second kappa shape index (κ2) is 6.66. The summed E-state index contributed by atoms with van der Waals surface area (Å²) in [4.78, 5) is 23.6. The third-order valence-electron chi connectivity index (χ3n) is 3.43. The highest BCUT2D eigenvalue weighted by atomic mass is 35.5. The molecule has 3 heterocycles. The van der Waals surface area contributed by atoms with Crippen LogP contribution in [-0.4, -0.2) is 36.8 Å². The molecule has 1 amide bonds. The molecule has 2 N–H and O–H groups in total. The Bertz CT molecular complexity index is 1070. The van der Waals surface area contributed by atoms with Gasteiger partial charge in [0.25, 0.3) is 0 Å². The summed E-state index contributed by atoms with van der Waals surface area (Å²) in [7, 11) is 0. The molecule has 124 valence electrons. The van der Waals surface area contributed by atoms with Crippen molar-refractivity contribution in [3.05, 3.63) is 47.6 Å². The molecule has 0 unspecified atom stereocenters. The third kappa shape index (κ3) is 3.40. The molecule has 9 heteroatoms. The van der Waals surface area contributed by atoms with Crippen molar-refractivity contribution in [1.29, 1.82) is 0 Å². The van der Waals surface area contributed by atoms with E-state index in [-0.39, 0.29) is 11.7 Å². The van der Waals surface area contributed by atoms with E-state index in [9.17, 15) is 4.79 Å². The number of amides is 1. The first-order chi connectivity index (χ1) is 12.2. The molecule has 4 aromatic rings. The second-order valence-corrected chi connectivity index (χ2v) is 6.54. The molecule has 0 spiro atoms. The average molecular weight is 371 g/mol. The van der Waals surface area contributed by atoms with E-state index < -0.39 is 0 Å². The Morgan fingerprint density at radius 3 is 2.92 bits per heavy atom. The zero-order valence-corrected chi connectivity index (χ0v) is 14.3. The molecule has 0 radical (unpaired) electrons. The number of anilines is 1. The van der Waals surface area contributed by atoms with Crippen molar-refractivity contribution >= 4 is 57.2 Å². The molecule has 0 saturated carbocycles. The second-order valence-electron chi connectivity index (χ2n) is 5.16. The van der Waals surface area contributed by atoms with Gasteiger partial charge in [0, 0.05) is 17.1 Å². The molecular weight excluding hydrogens is 360 g/mol. The Hall–Kier alpha value is -2.71. The standard InChI is InChI=1S/C16H11ClN6OS/c17-9-5-6-12(18-7-9)20-13(24)8-25-16-21-15-14(22-23-16)10-3-1-2-4-11(10)19-15/h1-7H,8H2,(H,18,20,24)(H,19,21,23). The van der Waals surface area contributed by atoms with Gasteiger partial charge in [-0.3, -0.25) is 4.79 Å². The normalized spacial score (nSPS) is 11.1. The molecule has 0 saturated heterocycles. The van der Waals surface area contributed by atoms with Gasteiger partial charge in [-0.1, -0.05) is 41.6 Å². The van der Waals surface area contributed by atoms with E-state index >= 15 is 0 Å². The molecule has 3 aromatic heterocycles. The quantitative estimate of drug-likeness (QED) is 0.535. The first kappa shape index (κ1) is 15.8. The van der Waals surface area contributed by atoms with Gasteiger partial charge in [-0.25, -0.2) is 9.97 Å². The fourth-order valence-electron chi connectivity index (χ4n) is 2.33. The maximum absolute atomic E-state index is 12.0. The minimum Gasteiger partial charge on any atom is -0.338 e. The molecular formula is C16H11ClN6OS. The number of hydrogen-bond acceptors (Lipinski definition) is 6. The number of benzene rings is 1. The summed E-state index contributed by atoms with van der Waals surface area (Å²) < 4.78 is 0. The highest BCUT2D eigenvalue weighted by Crippen LogP contribution is 2.23. The summed E-state index contributed by atoms with van der Waals surface area (Å²) in [6.45, 7) is 0. The van der Waals surface area contributed by atoms with E-state index in [1.807, 2.05) is 24.3 Å². The van der Waals surface area contributed by atoms with Crippen molar-refractivity contribution in [3.63, 3.8) is 0 Å². The van der Waals surface area contributed by atoms with Crippen LogP contribution in [0, 0.1) is 0 Å². The molecule has 1 aromatic carbocycles. The number of rotatable bonds is 4. The van der Waals surface area contributed by atoms with Gasteiger partial charge >= 0.3 is 0 Å². The Labute approximate surface area is 151 Å². The predicted octanol–water partition coefficient (Wildman–Crippen LogP) is 3.29. The van der Waals surface area contributed by atoms with Crippen molar-refractivity contribution < 1.29 is 4.79 Å². The molecule has 7 nitrogen and oxygen atoms in total. The summed E-state index contributed by atoms with van der Waals surface area (Å²) in [5, 5.41) is 12.9. The van der Waals surface area contributed by atoms with Gasteiger partial charge in [-0.05, 0) is 18.2 Å². The van der Waals surface area contributed by atoms with Crippen LogP contribution < -0.4 is 5.32 Å². The number of nitrogens with one attached hydrogen (secondary N) is 2. The lowest BCUT2D eigenvalue weighted by atomic mass is 10.2. The maximum atomic E-state index is 12.0. The third-order valence-corrected chi connectivity index (χ3v) is 4.49. The van der Waals surface area contributed by atoms with Crippen molar-refractivity contribution in [1.82, 2.24) is 25.1 Å². The van der Waals surface area contributed by atoms with E-state index in [1.54, 1.807) is 12.1 Å². The lowest BCUT2D eigenvalue weighted by Crippen LogP contribution is -2.15. The van der Waals surface area contributed by atoms with Crippen LogP contribution in [0.25, 0.3) is 22.1 Å². The summed E-state index contributed by atoms with van der Waals surface area (Å²) in [5.74, 6) is 0.387. The Balaban J connectivity index is 1.46. The number of pyridine rings is 1. The SMILES string of the molecule is O=C(CSc1nnc2c(n1)[nH]c1ccccc12)Nc1ccc(Cl)cn1. The number of H-pyrrole nitrogens is 1. The van der Waals surface area contributed by atoms with Gasteiger partial charge in [-0.2, -0.15) is 0 Å². The molecule has 25 heavy (non-hydrogen) atoms. The monoisotopic (exact) mass is 370 g/mol. The minimum atomic E-state index is -0.208. The molecule has 0 bridgehead atoms. The van der Waals surface area contributed by atoms with Crippen LogP contribution in [0.4, 0.5) is 5.82 Å². The van der Waals surface area contributed by atoms with E-state index in [0.717, 1.165) is 16.4 Å². The van der Waals surface area contributed by atoms with Crippen molar-refractivity contribution in [2.75, 3.05) is 11.1 Å². The lowest BCUT2D eigenvalue weighted by molar-refractivity contribution is -0.113. The van der Waals surface area contributed by atoms with Crippen LogP contribution in [0.5, 0.6) is 0 Å². The first-order valence-electron chi connectivity index (χ1n) is 7.34. The summed E-state index contributed by atoms with van der Waals surface area (Å²) in [5.41, 5.74) is 2.32.